The summed E-state index contributed by atoms with van der Waals surface area (Å²) in [7, 11) is -1.38. The summed E-state index contributed by atoms with van der Waals surface area (Å²) in [4.78, 5) is 32.6. The first-order chi connectivity index (χ1) is 26.1. The number of morpholine rings is 1. The van der Waals surface area contributed by atoms with E-state index in [2.05, 4.69) is 38.4 Å². The number of aryl methyl sites for hydroxylation is 1. The van der Waals surface area contributed by atoms with E-state index in [1.807, 2.05) is 25.1 Å². The van der Waals surface area contributed by atoms with Gasteiger partial charge in [-0.25, -0.2) is 4.21 Å². The third kappa shape index (κ3) is 8.34. The minimum Gasteiger partial charge on any atom is -0.490 e. The van der Waals surface area contributed by atoms with Crippen LogP contribution in [0.25, 0.3) is 0 Å². The van der Waals surface area contributed by atoms with Gasteiger partial charge in [0.2, 0.25) is 0 Å². The summed E-state index contributed by atoms with van der Waals surface area (Å²) < 4.78 is 37.5. The van der Waals surface area contributed by atoms with Crippen molar-refractivity contribution in [2.24, 2.45) is 34.0 Å². The monoisotopic (exact) mass is 777 g/mol. The maximum Gasteiger partial charge on any atom is 0.285 e. The van der Waals surface area contributed by atoms with Crippen molar-refractivity contribution in [3.63, 3.8) is 0 Å². The van der Waals surface area contributed by atoms with Crippen LogP contribution in [0.3, 0.4) is 0 Å². The normalized spacial score (nSPS) is 34.7. The van der Waals surface area contributed by atoms with E-state index in [1.165, 1.54) is 11.1 Å². The molecule has 54 heavy (non-hydrogen) atoms. The molecule has 0 radical (unpaired) electrons. The number of hydrogen-bond acceptors (Lipinski definition) is 8. The average molecular weight is 778 g/mol. The number of ether oxygens (including phenoxy) is 3. The van der Waals surface area contributed by atoms with Gasteiger partial charge in [0, 0.05) is 68.0 Å². The number of carbonyl (C=O) groups is 2. The summed E-state index contributed by atoms with van der Waals surface area (Å²) in [6, 6.07) is 11.8. The Morgan fingerprint density at radius 2 is 1.98 bits per heavy atom. The van der Waals surface area contributed by atoms with Crippen LogP contribution in [0.5, 0.6) is 5.75 Å². The number of halogens is 1. The second-order valence-corrected chi connectivity index (χ2v) is 19.9. The molecule has 2 bridgehead atoms. The van der Waals surface area contributed by atoms with Crippen LogP contribution in [0.2, 0.25) is 5.02 Å². The molecule has 3 aliphatic carbocycles. The molecule has 1 spiro atoms. The van der Waals surface area contributed by atoms with Crippen LogP contribution in [0.15, 0.2) is 52.9 Å². The molecule has 9 nitrogen and oxygen atoms in total. The van der Waals surface area contributed by atoms with Crippen LogP contribution in [0, 0.1) is 29.6 Å². The second-order valence-electron chi connectivity index (χ2n) is 17.1. The molecule has 3 heterocycles. The van der Waals surface area contributed by atoms with Crippen LogP contribution in [-0.4, -0.2) is 98.1 Å². The van der Waals surface area contributed by atoms with Gasteiger partial charge < -0.3 is 19.1 Å². The van der Waals surface area contributed by atoms with E-state index >= 15 is 0 Å². The van der Waals surface area contributed by atoms with E-state index in [-0.39, 0.29) is 34.7 Å². The molecule has 2 aromatic carbocycles. The first-order valence-corrected chi connectivity index (χ1v) is 22.4. The van der Waals surface area contributed by atoms with Gasteiger partial charge in [-0.3, -0.25) is 14.5 Å². The molecule has 3 aliphatic heterocycles. The molecule has 2 aromatic rings. The first kappa shape index (κ1) is 38.1. The van der Waals surface area contributed by atoms with E-state index in [0.717, 1.165) is 101 Å². The maximum atomic E-state index is 14.7. The van der Waals surface area contributed by atoms with Gasteiger partial charge in [-0.05, 0) is 116 Å². The predicted octanol–water partition coefficient (Wildman–Crippen LogP) is 6.99. The summed E-state index contributed by atoms with van der Waals surface area (Å²) in [5, 5.41) is 0.754. The number of fused-ring (bicyclic) bond motifs is 4. The Morgan fingerprint density at radius 1 is 1.13 bits per heavy atom. The quantitative estimate of drug-likeness (QED) is 0.278. The summed E-state index contributed by atoms with van der Waals surface area (Å²) in [6.45, 7) is 8.48. The lowest BCUT2D eigenvalue weighted by Crippen LogP contribution is -2.49. The Bertz CT molecular complexity index is 1890. The number of carbonyl (C=O) groups excluding carboxylic acids is 2. The number of amides is 1. The van der Waals surface area contributed by atoms with Crippen molar-refractivity contribution >= 4 is 38.7 Å². The molecule has 0 N–H and O–H groups in total. The van der Waals surface area contributed by atoms with Crippen LogP contribution in [0.1, 0.15) is 73.4 Å². The molecule has 292 valence electrons. The zero-order valence-corrected chi connectivity index (χ0v) is 33.5. The van der Waals surface area contributed by atoms with Gasteiger partial charge in [0.05, 0.1) is 47.1 Å². The van der Waals surface area contributed by atoms with E-state index in [4.69, 9.17) is 25.8 Å². The smallest absolute Gasteiger partial charge is 0.285 e. The fraction of sp³-hybridized carbons (Fsp3) is 0.628. The second kappa shape index (κ2) is 16.0. The first-order valence-electron chi connectivity index (χ1n) is 20.2. The van der Waals surface area contributed by atoms with Crippen LogP contribution in [-0.2, 0) is 35.8 Å². The molecule has 8 atom stereocenters. The number of methoxy groups -OCH3 is 1. The SMILES string of the molecule is CO[C@H]1/C=C/C[C@H](C)C[S@@](=O)(CC(=O)C[C@H]2C[C@@H]2CN2CCOCC2)=NC(=O)c2ccc3c(c2)N(C[C@@H]2CC[C@H]21)C[C@@]1(CCCc2cc(Cl)ccc21)CO3. The highest BCUT2D eigenvalue weighted by atomic mass is 35.5. The Hall–Kier alpha value is -2.76. The minimum atomic E-state index is -3.18. The summed E-state index contributed by atoms with van der Waals surface area (Å²) in [6.07, 6.45) is 11.6. The highest BCUT2D eigenvalue weighted by Crippen LogP contribution is 2.47. The van der Waals surface area contributed by atoms with Crippen LogP contribution < -0.4 is 9.64 Å². The Kier molecular flexibility index (Phi) is 11.3. The molecule has 1 amide bonds. The van der Waals surface area contributed by atoms with Gasteiger partial charge in [0.1, 0.15) is 11.5 Å². The number of allylic oxidation sites excluding steroid dienone is 1. The van der Waals surface area contributed by atoms with Gasteiger partial charge >= 0.3 is 0 Å². The van der Waals surface area contributed by atoms with Crippen molar-refractivity contribution < 1.29 is 28.0 Å². The Balaban J connectivity index is 1.10. The van der Waals surface area contributed by atoms with Crippen LogP contribution >= 0.6 is 11.6 Å². The Labute approximate surface area is 326 Å². The molecule has 6 aliphatic rings. The molecule has 1 saturated heterocycles. The Morgan fingerprint density at radius 3 is 2.78 bits per heavy atom. The third-order valence-electron chi connectivity index (χ3n) is 13.1. The van der Waals surface area contributed by atoms with E-state index in [1.54, 1.807) is 13.2 Å². The molecule has 0 unspecified atom stereocenters. The van der Waals surface area contributed by atoms with Crippen molar-refractivity contribution in [2.75, 3.05) is 76.1 Å². The number of nitrogens with zero attached hydrogens (tertiary/aromatic N) is 3. The van der Waals surface area contributed by atoms with Crippen molar-refractivity contribution in [3.05, 3.63) is 70.3 Å². The number of benzene rings is 2. The minimum absolute atomic E-state index is 0.0226. The molecule has 8 rings (SSSR count). The fourth-order valence-corrected chi connectivity index (χ4v) is 12.5. The van der Waals surface area contributed by atoms with E-state index in [9.17, 15) is 13.8 Å². The number of ketones is 1. The molecular weight excluding hydrogens is 722 g/mol. The summed E-state index contributed by atoms with van der Waals surface area (Å²) in [5.41, 5.74) is 3.59. The third-order valence-corrected chi connectivity index (χ3v) is 15.7. The van der Waals surface area contributed by atoms with Gasteiger partial charge in [-0.15, -0.1) is 0 Å². The van der Waals surface area contributed by atoms with E-state index < -0.39 is 15.6 Å². The zero-order valence-electron chi connectivity index (χ0n) is 31.9. The largest absolute Gasteiger partial charge is 0.490 e. The van der Waals surface area contributed by atoms with Gasteiger partial charge in [-0.1, -0.05) is 36.7 Å². The van der Waals surface area contributed by atoms with Crippen LogP contribution in [0.4, 0.5) is 5.69 Å². The van der Waals surface area contributed by atoms with Crippen molar-refractivity contribution in [3.8, 4) is 5.75 Å². The zero-order chi connectivity index (χ0) is 37.5. The fourth-order valence-electron chi connectivity index (χ4n) is 9.97. The van der Waals surface area contributed by atoms with Crippen molar-refractivity contribution in [1.29, 1.82) is 0 Å². The number of hydrogen-bond donors (Lipinski definition) is 0. The number of Topliss-reactive ketones (excluding diaryl/α,β-unsaturated/α-hetero) is 1. The van der Waals surface area contributed by atoms with Crippen molar-refractivity contribution in [2.45, 2.75) is 69.8 Å². The lowest BCUT2D eigenvalue weighted by molar-refractivity contribution is -0.117. The standard InChI is InChI=1S/C43H56ClN3O6S/c1-29-5-3-7-40(51-2)37-11-8-32(37)24-47-27-43(14-4-6-30-20-35(44)10-12-38(30)43)28-53-41-13-9-31(22-39(41)47)42(49)45-54(50,25-29)26-36(48)21-33-19-34(33)23-46-15-17-52-18-16-46/h3,7,9-10,12-13,20,22,29,32-34,37,40H,4-6,8,11,14-19,21,23-28H2,1-2H3/b7-3+/t29-,32-,33+,34+,37+,40-,43-,54+/m0/s1. The molecule has 11 heteroatoms. The van der Waals surface area contributed by atoms with Gasteiger partial charge in [-0.2, -0.15) is 4.36 Å². The summed E-state index contributed by atoms with van der Waals surface area (Å²) in [5.74, 6) is 1.69. The highest BCUT2D eigenvalue weighted by Gasteiger charge is 2.45. The van der Waals surface area contributed by atoms with Crippen molar-refractivity contribution in [1.82, 2.24) is 4.90 Å². The molecule has 2 saturated carbocycles. The average Bonchev–Trinajstić information content (AvgIpc) is 3.89. The van der Waals surface area contributed by atoms with Gasteiger partial charge in [0.25, 0.3) is 5.91 Å². The van der Waals surface area contributed by atoms with Gasteiger partial charge in [0.15, 0.2) is 0 Å². The number of rotatable bonds is 7. The summed E-state index contributed by atoms with van der Waals surface area (Å²) >= 11 is 6.48. The lowest BCUT2D eigenvalue weighted by Gasteiger charge is -2.46. The van der Waals surface area contributed by atoms with E-state index in [0.29, 0.717) is 48.7 Å². The number of anilines is 1. The maximum absolute atomic E-state index is 14.7. The molecule has 3 fully saturated rings. The molecular formula is C43H56ClN3O6S. The molecule has 0 aromatic heterocycles. The predicted molar refractivity (Wildman–Crippen MR) is 213 cm³/mol. The lowest BCUT2D eigenvalue weighted by atomic mass is 9.68. The highest BCUT2D eigenvalue weighted by molar-refractivity contribution is 7.94. The topological polar surface area (TPSA) is 97.7 Å².